The molecule has 1 fully saturated rings. The van der Waals surface area contributed by atoms with E-state index in [4.69, 9.17) is 0 Å². The van der Waals surface area contributed by atoms with Crippen LogP contribution in [-0.4, -0.2) is 38.7 Å². The van der Waals surface area contributed by atoms with Gasteiger partial charge < -0.3 is 15.6 Å². The molecule has 0 radical (unpaired) electrons. The molecule has 0 unspecified atom stereocenters. The highest BCUT2D eigenvalue weighted by molar-refractivity contribution is 6.02. The van der Waals surface area contributed by atoms with Gasteiger partial charge in [0, 0.05) is 12.4 Å². The SMILES string of the molecule is O=C(Nc1cnn(C2CCNCC2)c1)c1c[nH]c(=O)cn1. The summed E-state index contributed by atoms with van der Waals surface area (Å²) in [6, 6.07) is 0.364. The number of aromatic nitrogens is 4. The lowest BCUT2D eigenvalue weighted by Gasteiger charge is -2.22. The Kier molecular flexibility index (Phi) is 3.78. The lowest BCUT2D eigenvalue weighted by Crippen LogP contribution is -2.29. The molecule has 3 heterocycles. The van der Waals surface area contributed by atoms with E-state index in [0.717, 1.165) is 32.1 Å². The van der Waals surface area contributed by atoms with Crippen LogP contribution in [0.3, 0.4) is 0 Å². The van der Waals surface area contributed by atoms with Crippen LogP contribution in [0, 0.1) is 0 Å². The summed E-state index contributed by atoms with van der Waals surface area (Å²) in [7, 11) is 0. The van der Waals surface area contributed by atoms with Crippen molar-refractivity contribution >= 4 is 11.6 Å². The molecular weight excluding hydrogens is 272 g/mol. The summed E-state index contributed by atoms with van der Waals surface area (Å²) in [6.45, 7) is 1.96. The number of nitrogens with zero attached hydrogens (tertiary/aromatic N) is 3. The van der Waals surface area contributed by atoms with Crippen molar-refractivity contribution in [1.29, 1.82) is 0 Å². The van der Waals surface area contributed by atoms with Gasteiger partial charge in [0.1, 0.15) is 5.69 Å². The summed E-state index contributed by atoms with van der Waals surface area (Å²) in [5.74, 6) is -0.379. The van der Waals surface area contributed by atoms with Crippen LogP contribution >= 0.6 is 0 Å². The summed E-state index contributed by atoms with van der Waals surface area (Å²) in [6.07, 6.45) is 7.85. The maximum absolute atomic E-state index is 12.0. The molecule has 1 saturated heterocycles. The second-order valence-electron chi connectivity index (χ2n) is 4.94. The van der Waals surface area contributed by atoms with Crippen molar-refractivity contribution in [3.05, 3.63) is 40.8 Å². The van der Waals surface area contributed by atoms with Crippen molar-refractivity contribution in [1.82, 2.24) is 25.1 Å². The average Bonchev–Trinajstić information content (AvgIpc) is 2.97. The van der Waals surface area contributed by atoms with Gasteiger partial charge in [-0.3, -0.25) is 14.3 Å². The first-order valence-corrected chi connectivity index (χ1v) is 6.83. The number of hydrogen-bond donors (Lipinski definition) is 3. The standard InChI is InChI=1S/C13H16N6O2/c20-12-7-15-11(6-16-12)13(21)18-9-5-17-19(8-9)10-1-3-14-4-2-10/h5-8,10,14H,1-4H2,(H,16,20)(H,18,21). The molecule has 0 spiro atoms. The average molecular weight is 288 g/mol. The van der Waals surface area contributed by atoms with E-state index in [2.05, 4.69) is 25.7 Å². The number of aromatic amines is 1. The smallest absolute Gasteiger partial charge is 0.275 e. The minimum absolute atomic E-state index is 0.157. The fraction of sp³-hybridized carbons (Fsp3) is 0.385. The van der Waals surface area contributed by atoms with Crippen molar-refractivity contribution in [2.75, 3.05) is 18.4 Å². The van der Waals surface area contributed by atoms with E-state index in [1.165, 1.54) is 6.20 Å². The molecule has 110 valence electrons. The molecule has 0 aliphatic carbocycles. The molecule has 3 rings (SSSR count). The molecule has 8 heteroatoms. The number of H-pyrrole nitrogens is 1. The van der Waals surface area contributed by atoms with Crippen molar-refractivity contribution in [3.63, 3.8) is 0 Å². The Bertz CT molecular complexity index is 665. The fourth-order valence-corrected chi connectivity index (χ4v) is 2.34. The highest BCUT2D eigenvalue weighted by atomic mass is 16.2. The van der Waals surface area contributed by atoms with Gasteiger partial charge in [-0.15, -0.1) is 0 Å². The van der Waals surface area contributed by atoms with Crippen molar-refractivity contribution in [2.45, 2.75) is 18.9 Å². The Morgan fingerprint density at radius 2 is 2.14 bits per heavy atom. The molecule has 1 aliphatic heterocycles. The molecule has 0 atom stereocenters. The number of hydrogen-bond acceptors (Lipinski definition) is 5. The zero-order chi connectivity index (χ0) is 14.7. The fourth-order valence-electron chi connectivity index (χ4n) is 2.34. The first-order chi connectivity index (χ1) is 10.2. The number of piperidine rings is 1. The minimum atomic E-state index is -0.379. The van der Waals surface area contributed by atoms with Gasteiger partial charge in [-0.2, -0.15) is 5.10 Å². The van der Waals surface area contributed by atoms with Crippen molar-refractivity contribution in [3.8, 4) is 0 Å². The molecule has 8 nitrogen and oxygen atoms in total. The highest BCUT2D eigenvalue weighted by Gasteiger charge is 2.16. The van der Waals surface area contributed by atoms with Crippen molar-refractivity contribution < 1.29 is 4.79 Å². The summed E-state index contributed by atoms with van der Waals surface area (Å²) < 4.78 is 1.89. The second-order valence-corrected chi connectivity index (χ2v) is 4.94. The lowest BCUT2D eigenvalue weighted by molar-refractivity contribution is 0.102. The summed E-state index contributed by atoms with van der Waals surface area (Å²) in [4.78, 5) is 29.1. The molecule has 1 amide bonds. The molecule has 0 aromatic carbocycles. The minimum Gasteiger partial charge on any atom is -0.325 e. The van der Waals surface area contributed by atoms with Gasteiger partial charge in [-0.25, -0.2) is 4.98 Å². The summed E-state index contributed by atoms with van der Waals surface area (Å²) in [5.41, 5.74) is 0.432. The molecule has 3 N–H and O–H groups in total. The van der Waals surface area contributed by atoms with Crippen LogP contribution < -0.4 is 16.2 Å². The lowest BCUT2D eigenvalue weighted by atomic mass is 10.1. The quantitative estimate of drug-likeness (QED) is 0.745. The van der Waals surface area contributed by atoms with E-state index in [1.54, 1.807) is 6.20 Å². The van der Waals surface area contributed by atoms with Crippen LogP contribution in [0.4, 0.5) is 5.69 Å². The highest BCUT2D eigenvalue weighted by Crippen LogP contribution is 2.19. The Morgan fingerprint density at radius 3 is 2.86 bits per heavy atom. The Hall–Kier alpha value is -2.48. The second kappa shape index (κ2) is 5.88. The van der Waals surface area contributed by atoms with Gasteiger partial charge in [-0.1, -0.05) is 0 Å². The topological polar surface area (TPSA) is 105 Å². The Morgan fingerprint density at radius 1 is 1.33 bits per heavy atom. The maximum atomic E-state index is 12.0. The van der Waals surface area contributed by atoms with Gasteiger partial charge in [-0.05, 0) is 25.9 Å². The molecular formula is C13H16N6O2. The van der Waals surface area contributed by atoms with Crippen LogP contribution in [0.25, 0.3) is 0 Å². The Labute approximate surface area is 120 Å². The van der Waals surface area contributed by atoms with E-state index in [1.807, 2.05) is 10.9 Å². The maximum Gasteiger partial charge on any atom is 0.275 e. The number of rotatable bonds is 3. The molecule has 21 heavy (non-hydrogen) atoms. The largest absolute Gasteiger partial charge is 0.325 e. The normalized spacial score (nSPS) is 15.8. The number of nitrogens with one attached hydrogen (secondary N) is 3. The van der Waals surface area contributed by atoms with E-state index in [0.29, 0.717) is 11.7 Å². The van der Waals surface area contributed by atoms with Gasteiger partial charge in [0.15, 0.2) is 0 Å². The van der Waals surface area contributed by atoms with Crippen LogP contribution in [0.5, 0.6) is 0 Å². The van der Waals surface area contributed by atoms with Crippen LogP contribution in [0.15, 0.2) is 29.6 Å². The van der Waals surface area contributed by atoms with Crippen LogP contribution in [-0.2, 0) is 0 Å². The molecule has 1 aliphatic rings. The van der Waals surface area contributed by atoms with E-state index in [9.17, 15) is 9.59 Å². The number of anilines is 1. The number of carbonyl (C=O) groups excluding carboxylic acids is 1. The zero-order valence-corrected chi connectivity index (χ0v) is 11.4. The van der Waals surface area contributed by atoms with E-state index >= 15 is 0 Å². The van der Waals surface area contributed by atoms with E-state index in [-0.39, 0.29) is 17.2 Å². The van der Waals surface area contributed by atoms with Crippen LogP contribution in [0.1, 0.15) is 29.4 Å². The Balaban J connectivity index is 1.67. The summed E-state index contributed by atoms with van der Waals surface area (Å²) >= 11 is 0. The molecule has 0 saturated carbocycles. The predicted octanol–water partition coefficient (Wildman–Crippen LogP) is 0.143. The van der Waals surface area contributed by atoms with Gasteiger partial charge in [0.25, 0.3) is 11.5 Å². The van der Waals surface area contributed by atoms with Gasteiger partial charge >= 0.3 is 0 Å². The zero-order valence-electron chi connectivity index (χ0n) is 11.4. The first-order valence-electron chi connectivity index (χ1n) is 6.83. The van der Waals surface area contributed by atoms with Gasteiger partial charge in [0.05, 0.1) is 24.1 Å². The van der Waals surface area contributed by atoms with Crippen LogP contribution in [0.2, 0.25) is 0 Å². The van der Waals surface area contributed by atoms with E-state index < -0.39 is 0 Å². The predicted molar refractivity (Wildman–Crippen MR) is 76.2 cm³/mol. The molecule has 0 bridgehead atoms. The molecule has 2 aromatic rings. The third-order valence-corrected chi connectivity index (χ3v) is 3.45. The van der Waals surface area contributed by atoms with Gasteiger partial charge in [0.2, 0.25) is 0 Å². The first kappa shape index (κ1) is 13.5. The van der Waals surface area contributed by atoms with Crippen molar-refractivity contribution in [2.24, 2.45) is 0 Å². The third-order valence-electron chi connectivity index (χ3n) is 3.45. The number of amides is 1. The monoisotopic (exact) mass is 288 g/mol. The molecule has 2 aromatic heterocycles. The number of carbonyl (C=O) groups is 1. The summed E-state index contributed by atoms with van der Waals surface area (Å²) in [5, 5.41) is 10.3. The third kappa shape index (κ3) is 3.16.